The van der Waals surface area contributed by atoms with Crippen LogP contribution in [0.3, 0.4) is 0 Å². The minimum absolute atomic E-state index is 0.0459. The molecule has 0 aliphatic carbocycles. The largest absolute Gasteiger partial charge is 0.478 e. The van der Waals surface area contributed by atoms with Crippen molar-refractivity contribution in [3.8, 4) is 11.5 Å². The molecule has 2 atom stereocenters. The van der Waals surface area contributed by atoms with Gasteiger partial charge in [-0.25, -0.2) is 9.59 Å². The van der Waals surface area contributed by atoms with Crippen LogP contribution in [0.5, 0.6) is 11.5 Å². The van der Waals surface area contributed by atoms with E-state index in [4.69, 9.17) is 14.6 Å². The van der Waals surface area contributed by atoms with Crippen LogP contribution >= 0.6 is 0 Å². The molecule has 0 bridgehead atoms. The summed E-state index contributed by atoms with van der Waals surface area (Å²) in [7, 11) is 0. The molecule has 40 heavy (non-hydrogen) atoms. The first-order chi connectivity index (χ1) is 19.3. The van der Waals surface area contributed by atoms with Crippen LogP contribution in [-0.4, -0.2) is 59.9 Å². The number of fused-ring (bicyclic) bond motifs is 1. The van der Waals surface area contributed by atoms with Gasteiger partial charge in [-0.05, 0) is 60.9 Å². The predicted octanol–water partition coefficient (Wildman–Crippen LogP) is 3.55. The number of aryl methyl sites for hydroxylation is 1. The van der Waals surface area contributed by atoms with Crippen molar-refractivity contribution in [2.24, 2.45) is 0 Å². The van der Waals surface area contributed by atoms with Gasteiger partial charge < -0.3 is 30.5 Å². The molecule has 1 saturated heterocycles. The molecular weight excluding hydrogens is 512 g/mol. The Balaban J connectivity index is 1.20. The Kier molecular flexibility index (Phi) is 8.16. The molecule has 0 spiro atoms. The normalized spacial score (nSPS) is 16.8. The minimum atomic E-state index is -1.05. The van der Waals surface area contributed by atoms with E-state index in [1.807, 2.05) is 49.4 Å². The Morgan fingerprint density at radius 1 is 0.975 bits per heavy atom. The number of likely N-dealkylation sites (tertiary alicyclic amines) is 1. The number of urea groups is 1. The molecule has 5 rings (SSSR count). The Morgan fingerprint density at radius 2 is 1.70 bits per heavy atom. The number of amides is 3. The summed E-state index contributed by atoms with van der Waals surface area (Å²) in [5.41, 5.74) is 3.68. The molecule has 10 nitrogen and oxygen atoms in total. The highest BCUT2D eigenvalue weighted by molar-refractivity contribution is 5.94. The first-order valence-corrected chi connectivity index (χ1v) is 13.2. The molecule has 0 unspecified atom stereocenters. The summed E-state index contributed by atoms with van der Waals surface area (Å²) >= 11 is 0. The molecule has 0 saturated carbocycles. The van der Waals surface area contributed by atoms with E-state index in [2.05, 4.69) is 20.9 Å². The van der Waals surface area contributed by atoms with Crippen molar-refractivity contribution < 1.29 is 29.0 Å². The van der Waals surface area contributed by atoms with E-state index in [0.717, 1.165) is 47.7 Å². The standard InChI is InChI=1S/C30H32N4O6/c1-19-2-4-20(5-3-19)14-25(33-30(38)32-23-9-7-22(8-10-23)29(36)37)28(35)31-24-12-13-34(17-24)16-21-6-11-26-27(15-21)40-18-39-26/h2-11,15,24-25H,12-14,16-18H2,1H3,(H,31,35)(H,36,37)(H2,32,33,38)/t24-,25-/m0/s1. The second-order valence-corrected chi connectivity index (χ2v) is 10.1. The lowest BCUT2D eigenvalue weighted by Crippen LogP contribution is -2.52. The zero-order valence-electron chi connectivity index (χ0n) is 22.2. The number of ether oxygens (including phenoxy) is 2. The van der Waals surface area contributed by atoms with Gasteiger partial charge in [-0.3, -0.25) is 9.69 Å². The number of carbonyl (C=O) groups is 3. The second kappa shape index (κ2) is 12.1. The van der Waals surface area contributed by atoms with Gasteiger partial charge in [0, 0.05) is 37.8 Å². The van der Waals surface area contributed by atoms with Gasteiger partial charge in [0.25, 0.3) is 0 Å². The van der Waals surface area contributed by atoms with E-state index in [1.165, 1.54) is 24.3 Å². The van der Waals surface area contributed by atoms with Gasteiger partial charge in [0.2, 0.25) is 12.7 Å². The Bertz CT molecular complexity index is 1380. The van der Waals surface area contributed by atoms with Crippen LogP contribution < -0.4 is 25.4 Å². The number of aromatic carboxylic acids is 1. The molecule has 10 heteroatoms. The van der Waals surface area contributed by atoms with Gasteiger partial charge in [-0.2, -0.15) is 0 Å². The van der Waals surface area contributed by atoms with Crippen LogP contribution in [0.2, 0.25) is 0 Å². The van der Waals surface area contributed by atoms with Crippen molar-refractivity contribution in [2.45, 2.75) is 38.4 Å². The van der Waals surface area contributed by atoms with E-state index < -0.39 is 18.0 Å². The number of nitrogens with one attached hydrogen (secondary N) is 3. The zero-order valence-corrected chi connectivity index (χ0v) is 22.2. The molecule has 2 heterocycles. The SMILES string of the molecule is Cc1ccc(C[C@H](NC(=O)Nc2ccc(C(=O)O)cc2)C(=O)N[C@H]2CCN(Cc3ccc4c(c3)OCO4)C2)cc1. The number of carbonyl (C=O) groups excluding carboxylic acids is 2. The fourth-order valence-electron chi connectivity index (χ4n) is 4.88. The lowest BCUT2D eigenvalue weighted by Gasteiger charge is -2.22. The summed E-state index contributed by atoms with van der Waals surface area (Å²) in [6, 6.07) is 18.2. The second-order valence-electron chi connectivity index (χ2n) is 10.1. The highest BCUT2D eigenvalue weighted by Gasteiger charge is 2.28. The summed E-state index contributed by atoms with van der Waals surface area (Å²) < 4.78 is 10.9. The van der Waals surface area contributed by atoms with Gasteiger partial charge in [0.15, 0.2) is 11.5 Å². The summed E-state index contributed by atoms with van der Waals surface area (Å²) in [6.45, 7) is 4.49. The van der Waals surface area contributed by atoms with Gasteiger partial charge >= 0.3 is 12.0 Å². The molecule has 0 aromatic heterocycles. The van der Waals surface area contributed by atoms with Gasteiger partial charge in [-0.1, -0.05) is 35.9 Å². The van der Waals surface area contributed by atoms with Gasteiger partial charge in [0.1, 0.15) is 6.04 Å². The number of rotatable bonds is 9. The van der Waals surface area contributed by atoms with Crippen molar-refractivity contribution >= 4 is 23.6 Å². The van der Waals surface area contributed by atoms with Crippen LogP contribution in [-0.2, 0) is 17.8 Å². The van der Waals surface area contributed by atoms with Crippen LogP contribution in [0.25, 0.3) is 0 Å². The van der Waals surface area contributed by atoms with Gasteiger partial charge in [-0.15, -0.1) is 0 Å². The third kappa shape index (κ3) is 6.89. The topological polar surface area (TPSA) is 129 Å². The average molecular weight is 545 g/mol. The third-order valence-electron chi connectivity index (χ3n) is 7.03. The Morgan fingerprint density at radius 3 is 2.45 bits per heavy atom. The maximum Gasteiger partial charge on any atom is 0.335 e. The van der Waals surface area contributed by atoms with Crippen molar-refractivity contribution in [2.75, 3.05) is 25.2 Å². The zero-order chi connectivity index (χ0) is 28.1. The lowest BCUT2D eigenvalue weighted by atomic mass is 10.0. The van der Waals surface area contributed by atoms with E-state index in [0.29, 0.717) is 18.7 Å². The van der Waals surface area contributed by atoms with E-state index in [1.54, 1.807) is 0 Å². The highest BCUT2D eigenvalue weighted by atomic mass is 16.7. The molecule has 3 amide bonds. The molecule has 4 N–H and O–H groups in total. The number of benzene rings is 3. The molecule has 208 valence electrons. The number of carboxylic acids is 1. The molecule has 2 aliphatic heterocycles. The molecule has 3 aromatic carbocycles. The van der Waals surface area contributed by atoms with Crippen LogP contribution in [0, 0.1) is 6.92 Å². The Hall–Kier alpha value is -4.57. The highest BCUT2D eigenvalue weighted by Crippen LogP contribution is 2.33. The summed E-state index contributed by atoms with van der Waals surface area (Å²) in [6.07, 6.45) is 1.13. The van der Waals surface area contributed by atoms with Crippen LogP contribution in [0.1, 0.15) is 33.5 Å². The number of hydrogen-bond acceptors (Lipinski definition) is 6. The van der Waals surface area contributed by atoms with Crippen molar-refractivity contribution in [3.63, 3.8) is 0 Å². The maximum atomic E-state index is 13.4. The fourth-order valence-corrected chi connectivity index (χ4v) is 4.88. The number of anilines is 1. The molecule has 1 fully saturated rings. The molecule has 3 aromatic rings. The minimum Gasteiger partial charge on any atom is -0.478 e. The van der Waals surface area contributed by atoms with E-state index in [9.17, 15) is 14.4 Å². The monoisotopic (exact) mass is 544 g/mol. The smallest absolute Gasteiger partial charge is 0.335 e. The number of nitrogens with zero attached hydrogens (tertiary/aromatic N) is 1. The van der Waals surface area contributed by atoms with E-state index >= 15 is 0 Å². The molecule has 0 radical (unpaired) electrons. The lowest BCUT2D eigenvalue weighted by molar-refractivity contribution is -0.123. The number of hydrogen-bond donors (Lipinski definition) is 4. The predicted molar refractivity (Wildman–Crippen MR) is 149 cm³/mol. The quantitative estimate of drug-likeness (QED) is 0.324. The number of carboxylic acid groups (broad SMARTS) is 1. The molecular formula is C30H32N4O6. The summed E-state index contributed by atoms with van der Waals surface area (Å²) in [5, 5.41) is 17.7. The first kappa shape index (κ1) is 27.0. The van der Waals surface area contributed by atoms with Crippen LogP contribution in [0.15, 0.2) is 66.7 Å². The maximum absolute atomic E-state index is 13.4. The van der Waals surface area contributed by atoms with Gasteiger partial charge in [0.05, 0.1) is 5.56 Å². The average Bonchev–Trinajstić information content (AvgIpc) is 3.58. The molecule has 2 aliphatic rings. The van der Waals surface area contributed by atoms with Crippen molar-refractivity contribution in [3.05, 3.63) is 89.0 Å². The van der Waals surface area contributed by atoms with Crippen molar-refractivity contribution in [1.82, 2.24) is 15.5 Å². The van der Waals surface area contributed by atoms with Crippen LogP contribution in [0.4, 0.5) is 10.5 Å². The third-order valence-corrected chi connectivity index (χ3v) is 7.03. The first-order valence-electron chi connectivity index (χ1n) is 13.2. The van der Waals surface area contributed by atoms with Crippen molar-refractivity contribution in [1.29, 1.82) is 0 Å². The fraction of sp³-hybridized carbons (Fsp3) is 0.300. The van der Waals surface area contributed by atoms with E-state index in [-0.39, 0.29) is 24.3 Å². The Labute approximate surface area is 232 Å². The summed E-state index contributed by atoms with van der Waals surface area (Å²) in [4.78, 5) is 39.6. The summed E-state index contributed by atoms with van der Waals surface area (Å²) in [5.74, 6) is 0.200.